The molecule has 0 amide bonds. The third-order valence-corrected chi connectivity index (χ3v) is 4.28. The van der Waals surface area contributed by atoms with E-state index in [1.165, 1.54) is 18.5 Å². The Labute approximate surface area is 115 Å². The molecule has 0 bridgehead atoms. The lowest BCUT2D eigenvalue weighted by atomic mass is 10.1. The lowest BCUT2D eigenvalue weighted by molar-refractivity contribution is 0.420. The van der Waals surface area contributed by atoms with Gasteiger partial charge in [0, 0.05) is 11.1 Å². The van der Waals surface area contributed by atoms with E-state index in [0.29, 0.717) is 11.1 Å². The van der Waals surface area contributed by atoms with Crippen LogP contribution in [-0.4, -0.2) is 13.6 Å². The van der Waals surface area contributed by atoms with Crippen LogP contribution in [0.25, 0.3) is 10.8 Å². The Morgan fingerprint density at radius 2 is 2.05 bits per heavy atom. The summed E-state index contributed by atoms with van der Waals surface area (Å²) in [5.41, 5.74) is 6.56. The molecule has 102 valence electrons. The number of hydrogen-bond donors (Lipinski definition) is 2. The van der Waals surface area contributed by atoms with Crippen molar-refractivity contribution in [3.63, 3.8) is 0 Å². The van der Waals surface area contributed by atoms with Crippen LogP contribution >= 0.6 is 0 Å². The van der Waals surface area contributed by atoms with Crippen LogP contribution in [0, 0.1) is 0 Å². The molecule has 0 atom stereocenters. The molecule has 3 rings (SSSR count). The molecule has 20 heavy (non-hydrogen) atoms. The first kappa shape index (κ1) is 12.5. The number of nitrogens with two attached hydrogens (primary N) is 1. The highest BCUT2D eigenvalue weighted by Gasteiger charge is 2.18. The number of nitrogens with zero attached hydrogens (tertiary/aromatic N) is 1. The summed E-state index contributed by atoms with van der Waals surface area (Å²) >= 11 is 0. The standard InChI is InChI=1S/C13H11N3O3S/c14-10-4-5-12-9(6-10)2-1-3-13(12)20(17,18)16-11-7-15-19-8-11/h1-8,16H,14H2. The van der Waals surface area contributed by atoms with Gasteiger partial charge < -0.3 is 10.3 Å². The van der Waals surface area contributed by atoms with Crippen LogP contribution in [0.2, 0.25) is 0 Å². The maximum Gasteiger partial charge on any atom is 0.262 e. The molecule has 0 unspecified atom stereocenters. The van der Waals surface area contributed by atoms with Crippen LogP contribution in [-0.2, 0) is 10.0 Å². The predicted octanol–water partition coefficient (Wildman–Crippen LogP) is 2.21. The van der Waals surface area contributed by atoms with Gasteiger partial charge in [0.2, 0.25) is 0 Å². The molecule has 6 nitrogen and oxygen atoms in total. The molecule has 3 aromatic rings. The lowest BCUT2D eigenvalue weighted by Crippen LogP contribution is -2.12. The van der Waals surface area contributed by atoms with Crippen molar-refractivity contribution < 1.29 is 12.9 Å². The van der Waals surface area contributed by atoms with Gasteiger partial charge in [-0.1, -0.05) is 23.4 Å². The van der Waals surface area contributed by atoms with E-state index in [-0.39, 0.29) is 10.6 Å². The quantitative estimate of drug-likeness (QED) is 0.720. The van der Waals surface area contributed by atoms with Crippen molar-refractivity contribution in [2.75, 3.05) is 10.5 Å². The van der Waals surface area contributed by atoms with Crippen molar-refractivity contribution in [2.24, 2.45) is 0 Å². The number of hydrogen-bond acceptors (Lipinski definition) is 5. The van der Waals surface area contributed by atoms with Crippen LogP contribution in [0.15, 0.2) is 58.3 Å². The van der Waals surface area contributed by atoms with E-state index in [1.54, 1.807) is 24.3 Å². The summed E-state index contributed by atoms with van der Waals surface area (Å²) in [6.45, 7) is 0. The molecular weight excluding hydrogens is 278 g/mol. The fraction of sp³-hybridized carbons (Fsp3) is 0. The van der Waals surface area contributed by atoms with Crippen molar-refractivity contribution in [1.82, 2.24) is 5.16 Å². The summed E-state index contributed by atoms with van der Waals surface area (Å²) in [6.07, 6.45) is 2.52. The molecule has 0 aliphatic rings. The highest BCUT2D eigenvalue weighted by Crippen LogP contribution is 2.26. The van der Waals surface area contributed by atoms with Gasteiger partial charge in [-0.3, -0.25) is 4.72 Å². The van der Waals surface area contributed by atoms with Crippen LogP contribution in [0.1, 0.15) is 0 Å². The monoisotopic (exact) mass is 289 g/mol. The smallest absolute Gasteiger partial charge is 0.262 e. The minimum absolute atomic E-state index is 0.177. The first-order valence-electron chi connectivity index (χ1n) is 5.77. The van der Waals surface area contributed by atoms with E-state index in [0.717, 1.165) is 5.39 Å². The summed E-state index contributed by atoms with van der Waals surface area (Å²) in [5.74, 6) is 0. The average Bonchev–Trinajstić information content (AvgIpc) is 2.89. The van der Waals surface area contributed by atoms with Gasteiger partial charge in [0.25, 0.3) is 10.0 Å². The minimum Gasteiger partial charge on any atom is -0.399 e. The average molecular weight is 289 g/mol. The second-order valence-electron chi connectivity index (χ2n) is 4.26. The maximum absolute atomic E-state index is 12.4. The van der Waals surface area contributed by atoms with Gasteiger partial charge in [0.1, 0.15) is 12.0 Å². The molecule has 1 heterocycles. The zero-order chi connectivity index (χ0) is 14.2. The van der Waals surface area contributed by atoms with Crippen molar-refractivity contribution in [3.05, 3.63) is 48.9 Å². The number of rotatable bonds is 3. The Balaban J connectivity index is 2.14. The minimum atomic E-state index is -3.71. The third kappa shape index (κ3) is 2.19. The van der Waals surface area contributed by atoms with Gasteiger partial charge in [-0.2, -0.15) is 0 Å². The summed E-state index contributed by atoms with van der Waals surface area (Å²) in [7, 11) is -3.71. The number of sulfonamides is 1. The molecule has 0 saturated heterocycles. The number of anilines is 2. The van der Waals surface area contributed by atoms with E-state index in [9.17, 15) is 8.42 Å². The van der Waals surface area contributed by atoms with Crippen LogP contribution < -0.4 is 10.5 Å². The summed E-state index contributed by atoms with van der Waals surface area (Å²) in [4.78, 5) is 0.177. The Morgan fingerprint density at radius 3 is 2.80 bits per heavy atom. The largest absolute Gasteiger partial charge is 0.399 e. The van der Waals surface area contributed by atoms with Crippen molar-refractivity contribution >= 4 is 32.2 Å². The Bertz CT molecular complexity index is 858. The topological polar surface area (TPSA) is 98.2 Å². The van der Waals surface area contributed by atoms with E-state index < -0.39 is 10.0 Å². The van der Waals surface area contributed by atoms with Gasteiger partial charge >= 0.3 is 0 Å². The molecule has 0 radical (unpaired) electrons. The van der Waals surface area contributed by atoms with Crippen LogP contribution in [0.4, 0.5) is 11.4 Å². The molecule has 2 aromatic carbocycles. The second kappa shape index (κ2) is 4.53. The Hall–Kier alpha value is -2.54. The third-order valence-electron chi connectivity index (χ3n) is 2.84. The molecule has 7 heteroatoms. The Morgan fingerprint density at radius 1 is 1.20 bits per heavy atom. The molecule has 0 aliphatic carbocycles. The number of aromatic nitrogens is 1. The molecule has 0 spiro atoms. The van der Waals surface area contributed by atoms with E-state index >= 15 is 0 Å². The molecule has 1 aromatic heterocycles. The van der Waals surface area contributed by atoms with E-state index in [4.69, 9.17) is 5.73 Å². The first-order chi connectivity index (χ1) is 9.56. The number of nitrogen functional groups attached to an aromatic ring is 1. The molecule has 3 N–H and O–H groups in total. The van der Waals surface area contributed by atoms with E-state index in [2.05, 4.69) is 14.4 Å². The van der Waals surface area contributed by atoms with Crippen molar-refractivity contribution in [3.8, 4) is 0 Å². The number of nitrogens with one attached hydrogen (secondary N) is 1. The summed E-state index contributed by atoms with van der Waals surface area (Å²) in [6, 6.07) is 10.1. The summed E-state index contributed by atoms with van der Waals surface area (Å²) in [5, 5.41) is 4.82. The highest BCUT2D eigenvalue weighted by molar-refractivity contribution is 7.93. The fourth-order valence-corrected chi connectivity index (χ4v) is 3.23. The predicted molar refractivity (Wildman–Crippen MR) is 75.7 cm³/mol. The molecule has 0 saturated carbocycles. The molecule has 0 fully saturated rings. The van der Waals surface area contributed by atoms with Crippen LogP contribution in [0.3, 0.4) is 0 Å². The highest BCUT2D eigenvalue weighted by atomic mass is 32.2. The number of benzene rings is 2. The zero-order valence-electron chi connectivity index (χ0n) is 10.3. The maximum atomic E-state index is 12.4. The van der Waals surface area contributed by atoms with Crippen LogP contribution in [0.5, 0.6) is 0 Å². The van der Waals surface area contributed by atoms with Gasteiger partial charge in [0.15, 0.2) is 0 Å². The zero-order valence-corrected chi connectivity index (χ0v) is 11.1. The Kier molecular flexibility index (Phi) is 2.83. The molecular formula is C13H11N3O3S. The van der Waals surface area contributed by atoms with Gasteiger partial charge in [-0.25, -0.2) is 8.42 Å². The van der Waals surface area contributed by atoms with Crippen molar-refractivity contribution in [2.45, 2.75) is 4.90 Å². The van der Waals surface area contributed by atoms with Gasteiger partial charge in [0.05, 0.1) is 11.1 Å². The van der Waals surface area contributed by atoms with E-state index in [1.807, 2.05) is 6.07 Å². The fourth-order valence-electron chi connectivity index (χ4n) is 1.97. The summed E-state index contributed by atoms with van der Waals surface area (Å²) < 4.78 is 31.8. The molecule has 0 aliphatic heterocycles. The second-order valence-corrected chi connectivity index (χ2v) is 5.91. The SMILES string of the molecule is Nc1ccc2c(S(=O)(=O)Nc3cnoc3)cccc2c1. The van der Waals surface area contributed by atoms with Gasteiger partial charge in [-0.05, 0) is 23.6 Å². The van der Waals surface area contributed by atoms with Gasteiger partial charge in [-0.15, -0.1) is 0 Å². The first-order valence-corrected chi connectivity index (χ1v) is 7.25. The van der Waals surface area contributed by atoms with Crippen molar-refractivity contribution in [1.29, 1.82) is 0 Å². The number of fused-ring (bicyclic) bond motifs is 1. The normalized spacial score (nSPS) is 11.6. The lowest BCUT2D eigenvalue weighted by Gasteiger charge is -2.09.